The first-order valence-electron chi connectivity index (χ1n) is 20.8. The second kappa shape index (κ2) is 20.5. The number of esters is 1. The zero-order chi connectivity index (χ0) is 45.5. The third-order valence-corrected chi connectivity index (χ3v) is 12.5. The fourth-order valence-corrected chi connectivity index (χ4v) is 8.33. The van der Waals surface area contributed by atoms with Gasteiger partial charge >= 0.3 is 12.1 Å². The van der Waals surface area contributed by atoms with E-state index in [1.165, 1.54) is 24.0 Å². The van der Waals surface area contributed by atoms with E-state index in [0.717, 1.165) is 27.9 Å². The van der Waals surface area contributed by atoms with Gasteiger partial charge in [0.1, 0.15) is 46.0 Å². The number of likely N-dealkylation sites (N-methyl/N-ethyl adjacent to an activating group) is 1. The van der Waals surface area contributed by atoms with Gasteiger partial charge in [-0.1, -0.05) is 42.3 Å². The minimum Gasteiger partial charge on any atom is -0.495 e. The number of hydrogen-bond donors (Lipinski definition) is 3. The van der Waals surface area contributed by atoms with E-state index >= 15 is 0 Å². The Kier molecular flexibility index (Phi) is 15.9. The summed E-state index contributed by atoms with van der Waals surface area (Å²) in [6, 6.07) is 8.44. The molecular weight excluding hydrogens is 818 g/mol. The van der Waals surface area contributed by atoms with E-state index < -0.39 is 53.5 Å². The van der Waals surface area contributed by atoms with Gasteiger partial charge in [-0.15, -0.1) is 0 Å². The van der Waals surface area contributed by atoms with Crippen LogP contribution in [-0.2, 0) is 48.1 Å². The van der Waals surface area contributed by atoms with Gasteiger partial charge in [-0.05, 0) is 82.5 Å². The maximum atomic E-state index is 14.4. The van der Waals surface area contributed by atoms with Crippen molar-refractivity contribution in [2.24, 2.45) is 5.92 Å². The van der Waals surface area contributed by atoms with Gasteiger partial charge in [0.25, 0.3) is 0 Å². The van der Waals surface area contributed by atoms with Crippen molar-refractivity contribution < 1.29 is 43.2 Å². The third-order valence-electron chi connectivity index (χ3n) is 12.1. The van der Waals surface area contributed by atoms with Gasteiger partial charge < -0.3 is 38.4 Å². The first-order chi connectivity index (χ1) is 29.3. The molecule has 0 saturated carbocycles. The second-order valence-corrected chi connectivity index (χ2v) is 17.1. The van der Waals surface area contributed by atoms with Crippen molar-refractivity contribution >= 4 is 52.2 Å². The number of nitrogens with one attached hydrogen (secondary N) is 2. The van der Waals surface area contributed by atoms with Crippen LogP contribution in [0.3, 0.4) is 0 Å². The molecule has 17 heteroatoms. The van der Waals surface area contributed by atoms with Crippen LogP contribution in [0.4, 0.5) is 10.5 Å². The molecule has 4 heterocycles. The summed E-state index contributed by atoms with van der Waals surface area (Å²) in [5.74, 6) is -1.57. The van der Waals surface area contributed by atoms with Gasteiger partial charge in [0, 0.05) is 71.3 Å². The second-order valence-electron chi connectivity index (χ2n) is 16.8. The highest BCUT2D eigenvalue weighted by Crippen LogP contribution is 2.39. The monoisotopic (exact) mass is 879 g/mol. The average Bonchev–Trinajstić information content (AvgIpc) is 3.59. The molecule has 1 fully saturated rings. The summed E-state index contributed by atoms with van der Waals surface area (Å²) in [7, 11) is 9.82. The number of aromatic nitrogens is 2. The highest BCUT2D eigenvalue weighted by atomic mass is 35.5. The summed E-state index contributed by atoms with van der Waals surface area (Å²) in [6.45, 7) is 7.96. The van der Waals surface area contributed by atoms with E-state index in [4.69, 9.17) is 30.5 Å². The summed E-state index contributed by atoms with van der Waals surface area (Å²) in [5.41, 5.74) is 4.06. The lowest BCUT2D eigenvalue weighted by Gasteiger charge is -2.43. The number of anilines is 1. The standard InChI is InChI=1S/C45H62ClN7O9/c1-28-14-11-12-17-45(58)26-36(61-43(57)49-45)29(2)25-44(4,60-10)37(24-39(55)52(8)34-21-31(20-28)22-35(59-9)40(34)46)62-42(56)30(3)51(7)38(54)16-19-53-33(27-50(6)47-5)23-32-15-13-18-48-41(32)53/h11-15,18,21-23,29-30,36-37,47,58H,16-17,19-20,24-27H2,1-10H3,(H,49,57)/b12-11+,28-14+/t29-,30-,36-,37-,44-,45+/m0/s1. The number of allylic oxidation sites excluding steroid dienone is 3. The Morgan fingerprint density at radius 1 is 1.19 bits per heavy atom. The number of fused-ring (bicyclic) bond motifs is 5. The number of benzene rings is 1. The van der Waals surface area contributed by atoms with Gasteiger partial charge in [-0.2, -0.15) is 0 Å². The van der Waals surface area contributed by atoms with E-state index in [1.54, 1.807) is 46.3 Å². The van der Waals surface area contributed by atoms with E-state index in [9.17, 15) is 24.3 Å². The molecule has 3 amide bonds. The Bertz CT molecular complexity index is 2180. The molecule has 3 N–H and O–H groups in total. The number of methoxy groups -OCH3 is 2. The number of hydrogen-bond acceptors (Lipinski definition) is 12. The molecule has 2 aliphatic rings. The summed E-state index contributed by atoms with van der Waals surface area (Å²) in [4.78, 5) is 62.5. The van der Waals surface area contributed by atoms with Gasteiger partial charge in [0.2, 0.25) is 11.8 Å². The van der Waals surface area contributed by atoms with Gasteiger partial charge in [0.15, 0.2) is 0 Å². The fraction of sp³-hybridized carbons (Fsp3) is 0.533. The van der Waals surface area contributed by atoms with Crippen molar-refractivity contribution in [1.29, 1.82) is 0 Å². The molecule has 4 bridgehead atoms. The Hall–Kier alpha value is -5.00. The maximum Gasteiger partial charge on any atom is 0.409 e. The van der Waals surface area contributed by atoms with Crippen molar-refractivity contribution in [3.63, 3.8) is 0 Å². The molecule has 2 aromatic heterocycles. The predicted molar refractivity (Wildman–Crippen MR) is 236 cm³/mol. The number of amides is 3. The molecule has 62 heavy (non-hydrogen) atoms. The van der Waals surface area contributed by atoms with E-state index in [0.29, 0.717) is 30.9 Å². The lowest BCUT2D eigenvalue weighted by Crippen LogP contribution is -2.58. The largest absolute Gasteiger partial charge is 0.495 e. The molecule has 0 unspecified atom stereocenters. The number of halogens is 1. The highest BCUT2D eigenvalue weighted by Gasteiger charge is 2.46. The van der Waals surface area contributed by atoms with Crippen molar-refractivity contribution in [3.05, 3.63) is 76.6 Å². The molecule has 1 saturated heterocycles. The Labute approximate surface area is 369 Å². The number of hydrazine groups is 1. The van der Waals surface area contributed by atoms with Crippen LogP contribution in [0.25, 0.3) is 11.0 Å². The highest BCUT2D eigenvalue weighted by molar-refractivity contribution is 6.35. The first-order valence-corrected chi connectivity index (χ1v) is 21.2. The zero-order valence-electron chi connectivity index (χ0n) is 37.5. The molecule has 0 spiro atoms. The van der Waals surface area contributed by atoms with Crippen LogP contribution in [0.15, 0.2) is 60.3 Å². The van der Waals surface area contributed by atoms with Gasteiger partial charge in [0.05, 0.1) is 25.8 Å². The van der Waals surface area contributed by atoms with Crippen molar-refractivity contribution in [1.82, 2.24) is 30.2 Å². The molecule has 5 rings (SSSR count). The minimum absolute atomic E-state index is 0.0650. The van der Waals surface area contributed by atoms with Gasteiger partial charge in [-0.3, -0.25) is 20.3 Å². The number of carbonyl (C=O) groups excluding carboxylic acids is 4. The maximum absolute atomic E-state index is 14.4. The van der Waals surface area contributed by atoms with Crippen LogP contribution >= 0.6 is 11.6 Å². The number of ether oxygens (including phenoxy) is 4. The van der Waals surface area contributed by atoms with Crippen molar-refractivity contribution in [2.45, 2.75) is 109 Å². The van der Waals surface area contributed by atoms with E-state index in [-0.39, 0.29) is 43.0 Å². The number of nitrogens with zero attached hydrogens (tertiary/aromatic N) is 5. The normalized spacial score (nSPS) is 25.7. The van der Waals surface area contributed by atoms with Crippen molar-refractivity contribution in [2.75, 3.05) is 47.3 Å². The molecule has 2 aliphatic heterocycles. The minimum atomic E-state index is -1.59. The summed E-state index contributed by atoms with van der Waals surface area (Å²) in [5, 5.41) is 17.2. The number of rotatable bonds is 11. The Balaban J connectivity index is 1.44. The number of alkyl carbamates (subject to hydrolysis) is 1. The molecule has 16 nitrogen and oxygen atoms in total. The molecule has 0 radical (unpaired) electrons. The molecular formula is C45H62ClN7O9. The lowest BCUT2D eigenvalue weighted by molar-refractivity contribution is -0.179. The molecule has 1 aromatic carbocycles. The number of aryl methyl sites for hydroxylation is 1. The van der Waals surface area contributed by atoms with Crippen LogP contribution in [0.2, 0.25) is 5.02 Å². The van der Waals surface area contributed by atoms with Crippen LogP contribution in [0.5, 0.6) is 5.75 Å². The first kappa shape index (κ1) is 48.0. The smallest absolute Gasteiger partial charge is 0.409 e. The van der Waals surface area contributed by atoms with Crippen LogP contribution in [-0.4, -0.2) is 120 Å². The summed E-state index contributed by atoms with van der Waals surface area (Å²) >= 11 is 6.83. The van der Waals surface area contributed by atoms with E-state index in [1.807, 2.05) is 73.9 Å². The Morgan fingerprint density at radius 3 is 2.63 bits per heavy atom. The number of pyridine rings is 1. The summed E-state index contributed by atoms with van der Waals surface area (Å²) < 4.78 is 25.7. The third kappa shape index (κ3) is 11.3. The molecule has 6 atom stereocenters. The van der Waals surface area contributed by atoms with Gasteiger partial charge in [-0.25, -0.2) is 19.6 Å². The molecule has 338 valence electrons. The SMILES string of the molecule is CNN(C)Cc1cc2cccnc2n1CCC(=O)N(C)[C@@H](C)C(=O)O[C@H]1CC(=O)N(C)c2cc(cc(OC)c2Cl)C/C(C)=C/C=C/C[C@@]2(O)C[C@H](OC(=O)N2)[C@@H](C)C[C@]1(C)OC. The number of carbonyl (C=O) groups is 4. The van der Waals surface area contributed by atoms with Crippen LogP contribution < -0.4 is 20.4 Å². The predicted octanol–water partition coefficient (Wildman–Crippen LogP) is 5.53. The average molecular weight is 880 g/mol. The molecule has 3 aromatic rings. The fourth-order valence-electron chi connectivity index (χ4n) is 8.01. The zero-order valence-corrected chi connectivity index (χ0v) is 38.2. The van der Waals surface area contributed by atoms with Crippen LogP contribution in [0, 0.1) is 5.92 Å². The quantitative estimate of drug-likeness (QED) is 0.162. The van der Waals surface area contributed by atoms with Crippen molar-refractivity contribution in [3.8, 4) is 5.75 Å². The van der Waals surface area contributed by atoms with Crippen LogP contribution in [0.1, 0.15) is 71.1 Å². The lowest BCUT2D eigenvalue weighted by atomic mass is 9.81. The molecule has 0 aliphatic carbocycles. The van der Waals surface area contributed by atoms with E-state index in [2.05, 4.69) is 15.7 Å². The summed E-state index contributed by atoms with van der Waals surface area (Å²) in [6.07, 6.45) is 5.03. The Morgan fingerprint density at radius 2 is 1.94 bits per heavy atom. The number of aliphatic hydroxyl groups is 1. The topological polar surface area (TPSA) is 177 Å².